The Labute approximate surface area is 346 Å². The van der Waals surface area contributed by atoms with Crippen molar-refractivity contribution in [2.75, 3.05) is 39.8 Å². The molecule has 342 valence electrons. The average molecular weight is 846 g/mol. The number of hydrogen-bond donors (Lipinski definition) is 29. The Morgan fingerprint density at radius 2 is 0.407 bits per heavy atom. The molecule has 7 saturated heterocycles. The molecule has 0 radical (unpaired) electrons. The predicted molar refractivity (Wildman–Crippen MR) is 219 cm³/mol. The smallest absolute Gasteiger partial charge is 0.167 e. The normalized spacial score (nSPS) is 45.3. The molecule has 16 unspecified atom stereocenters. The lowest BCUT2D eigenvalue weighted by Crippen LogP contribution is -2.87. The maximum atomic E-state index is 5.77. The van der Waals surface area contributed by atoms with E-state index in [0.717, 1.165) is 32.7 Å². The van der Waals surface area contributed by atoms with Gasteiger partial charge in [0.1, 0.15) is 107 Å². The first-order valence-corrected chi connectivity index (χ1v) is 21.2. The Balaban J connectivity index is 1.14. The summed E-state index contributed by atoms with van der Waals surface area (Å²) < 4.78 is 5.77. The summed E-state index contributed by atoms with van der Waals surface area (Å²) in [6.07, 6.45) is -5.78. The molecule has 12 bridgehead atoms. The van der Waals surface area contributed by atoms with Crippen LogP contribution in [0.1, 0.15) is 34.6 Å². The number of rotatable bonds is 11. The third-order valence-electron chi connectivity index (χ3n) is 10.2. The van der Waals surface area contributed by atoms with E-state index in [1.165, 1.54) is 0 Å². The van der Waals surface area contributed by atoms with E-state index in [2.05, 4.69) is 189 Å². The largest absolute Gasteiger partial charge is 0.353 e. The van der Waals surface area contributed by atoms with Gasteiger partial charge in [-0.3, -0.25) is 154 Å². The minimum atomic E-state index is -0.470. The molecule has 59 heavy (non-hydrogen) atoms. The average Bonchev–Trinajstić information content (AvgIpc) is 3.18. The standard InChI is InChI=1S/C29H75N29O/c1-7-30-12-35-17-45-18(36-12)47-20-38-14(32-9-3)40-22(49-20)51-24-42-16(34-11-5)44-26(53-24)55-28-56-27(57-29(58-28)59-6)54-25-43-15(33-10-4)41-23(52-25)50-21-39-13(31-8-2)37-19(46-17)48-21/h12-58H,7-11H2,1-6H3. The van der Waals surface area contributed by atoms with Crippen LogP contribution in [-0.4, -0.2) is 153 Å². The highest BCUT2D eigenvalue weighted by Crippen LogP contribution is 2.02. The van der Waals surface area contributed by atoms with Crippen molar-refractivity contribution in [2.24, 2.45) is 0 Å². The zero-order chi connectivity index (χ0) is 41.1. The number of nitrogens with one attached hydrogen (secondary N) is 29. The topological polar surface area (TPSA) is 358 Å². The molecule has 7 fully saturated rings. The van der Waals surface area contributed by atoms with Crippen molar-refractivity contribution in [1.29, 1.82) is 0 Å². The second-order valence-electron chi connectivity index (χ2n) is 14.8. The Morgan fingerprint density at radius 1 is 0.254 bits per heavy atom. The molecule has 0 aliphatic carbocycles. The molecule has 7 heterocycles. The van der Waals surface area contributed by atoms with Gasteiger partial charge in [-0.15, -0.1) is 0 Å². The van der Waals surface area contributed by atoms with Crippen molar-refractivity contribution >= 4 is 0 Å². The molecule has 0 aromatic carbocycles. The molecule has 16 atom stereocenters. The third kappa shape index (κ3) is 13.6. The molecule has 7 aliphatic rings. The Kier molecular flexibility index (Phi) is 17.8. The van der Waals surface area contributed by atoms with Gasteiger partial charge in [0.25, 0.3) is 0 Å². The molecule has 0 aromatic heterocycles. The van der Waals surface area contributed by atoms with Crippen molar-refractivity contribution in [3.63, 3.8) is 0 Å². The summed E-state index contributed by atoms with van der Waals surface area (Å²) in [6.45, 7) is 14.2. The maximum absolute atomic E-state index is 5.77. The molecule has 0 spiro atoms. The van der Waals surface area contributed by atoms with Gasteiger partial charge in [-0.05, 0) is 32.7 Å². The fraction of sp³-hybridized carbons (Fsp3) is 1.00. The SMILES string of the molecule is CCNC1NC2NC(N1)NC1NC(NCC)NC(N1)NC1NC(NCC)NC(N1)NC1NC(NC3NC(NCC)NC(NC4NC(NCC)NC(N2)N4)N3)NC(OC)N1. The van der Waals surface area contributed by atoms with E-state index < -0.39 is 18.9 Å². The fourth-order valence-corrected chi connectivity index (χ4v) is 7.74. The van der Waals surface area contributed by atoms with Gasteiger partial charge in [-0.2, -0.15) is 0 Å². The summed E-state index contributed by atoms with van der Waals surface area (Å²) in [5.74, 6) is 0. The van der Waals surface area contributed by atoms with Gasteiger partial charge in [0.2, 0.25) is 0 Å². The van der Waals surface area contributed by atoms with E-state index in [1.54, 1.807) is 7.11 Å². The van der Waals surface area contributed by atoms with E-state index in [1.807, 2.05) is 0 Å². The van der Waals surface area contributed by atoms with E-state index in [9.17, 15) is 0 Å². The molecule has 7 aliphatic heterocycles. The quantitative estimate of drug-likeness (QED) is 0.0918. The highest BCUT2D eigenvalue weighted by Gasteiger charge is 2.39. The first-order chi connectivity index (χ1) is 28.8. The van der Waals surface area contributed by atoms with Gasteiger partial charge in [0.15, 0.2) is 6.35 Å². The van der Waals surface area contributed by atoms with Crippen LogP contribution in [0.25, 0.3) is 0 Å². The molecular weight excluding hydrogens is 771 g/mol. The van der Waals surface area contributed by atoms with Crippen LogP contribution in [0.15, 0.2) is 0 Å². The van der Waals surface area contributed by atoms with Crippen LogP contribution in [-0.2, 0) is 4.74 Å². The number of fused-ring (bicyclic) bond motifs is 12. The summed E-state index contributed by atoms with van der Waals surface area (Å²) >= 11 is 0. The molecule has 0 saturated carbocycles. The predicted octanol–water partition coefficient (Wildman–Crippen LogP) is -13.0. The molecule has 0 amide bonds. The van der Waals surface area contributed by atoms with Crippen molar-refractivity contribution in [3.05, 3.63) is 0 Å². The van der Waals surface area contributed by atoms with Crippen molar-refractivity contribution in [1.82, 2.24) is 154 Å². The summed E-state index contributed by atoms with van der Waals surface area (Å²) in [5.41, 5.74) is 0. The Morgan fingerprint density at radius 3 is 0.542 bits per heavy atom. The molecule has 30 heteroatoms. The summed E-state index contributed by atoms with van der Waals surface area (Å²) in [7, 11) is 1.66. The van der Waals surface area contributed by atoms with Crippen molar-refractivity contribution in [3.8, 4) is 0 Å². The fourth-order valence-electron chi connectivity index (χ4n) is 7.74. The Hall–Kier alpha value is -1.20. The van der Waals surface area contributed by atoms with E-state index >= 15 is 0 Å². The van der Waals surface area contributed by atoms with Crippen molar-refractivity contribution < 1.29 is 4.74 Å². The van der Waals surface area contributed by atoms with Gasteiger partial charge in [0, 0.05) is 7.11 Å². The number of methoxy groups -OCH3 is 1. The first kappa shape index (κ1) is 45.8. The number of ether oxygens (including phenoxy) is 1. The van der Waals surface area contributed by atoms with Gasteiger partial charge >= 0.3 is 0 Å². The van der Waals surface area contributed by atoms with Crippen LogP contribution >= 0.6 is 0 Å². The van der Waals surface area contributed by atoms with Crippen LogP contribution < -0.4 is 154 Å². The highest BCUT2D eigenvalue weighted by atomic mass is 16.5. The molecular formula is C29H75N29O. The van der Waals surface area contributed by atoms with Crippen LogP contribution in [0.3, 0.4) is 0 Å². The minimum Gasteiger partial charge on any atom is -0.353 e. The van der Waals surface area contributed by atoms with Crippen LogP contribution in [0, 0.1) is 0 Å². The van der Waals surface area contributed by atoms with Crippen LogP contribution in [0.4, 0.5) is 0 Å². The summed E-state index contributed by atoms with van der Waals surface area (Å²) in [5, 5.41) is 104. The lowest BCUT2D eigenvalue weighted by molar-refractivity contribution is -0.0369. The highest BCUT2D eigenvalue weighted by molar-refractivity contribution is 4.92. The number of hydrogen-bond acceptors (Lipinski definition) is 30. The molecule has 7 rings (SSSR count). The molecule has 30 nitrogen and oxygen atoms in total. The first-order valence-electron chi connectivity index (χ1n) is 21.2. The Bertz CT molecular complexity index is 1140. The maximum Gasteiger partial charge on any atom is 0.167 e. The van der Waals surface area contributed by atoms with Gasteiger partial charge in [-0.25, -0.2) is 0 Å². The van der Waals surface area contributed by atoms with Crippen LogP contribution in [0.5, 0.6) is 0 Å². The van der Waals surface area contributed by atoms with Crippen LogP contribution in [0.2, 0.25) is 0 Å². The zero-order valence-corrected chi connectivity index (χ0v) is 34.8. The summed E-state index contributed by atoms with van der Waals surface area (Å²) in [6, 6.07) is 0. The second-order valence-corrected chi connectivity index (χ2v) is 14.8. The van der Waals surface area contributed by atoms with Crippen molar-refractivity contribution in [2.45, 2.75) is 148 Å². The van der Waals surface area contributed by atoms with Gasteiger partial charge in [0.05, 0.1) is 0 Å². The van der Waals surface area contributed by atoms with Gasteiger partial charge in [-0.1, -0.05) is 34.6 Å². The zero-order valence-electron chi connectivity index (χ0n) is 34.8. The lowest BCUT2D eigenvalue weighted by Gasteiger charge is -2.48. The van der Waals surface area contributed by atoms with E-state index in [0.29, 0.717) is 0 Å². The second kappa shape index (κ2) is 22.9. The minimum absolute atomic E-state index is 0.210. The van der Waals surface area contributed by atoms with E-state index in [-0.39, 0.29) is 94.3 Å². The monoisotopic (exact) mass is 846 g/mol. The van der Waals surface area contributed by atoms with E-state index in [4.69, 9.17) is 4.74 Å². The summed E-state index contributed by atoms with van der Waals surface area (Å²) in [4.78, 5) is 0. The lowest BCUT2D eigenvalue weighted by atomic mass is 10.4. The molecule has 0 aromatic rings. The van der Waals surface area contributed by atoms with Gasteiger partial charge < -0.3 is 4.74 Å². The molecule has 29 N–H and O–H groups in total. The third-order valence-corrected chi connectivity index (χ3v) is 10.2.